The Balaban J connectivity index is 2.71. The Morgan fingerprint density at radius 3 is 2.67 bits per heavy atom. The standard InChI is InChI=1S/C13H19FN2O2/c1-9(15)4-10-5-11(14)7-12(6-10)18-8-13(17)16(2)3/h5-7,9H,4,8,15H2,1-3H3. The van der Waals surface area contributed by atoms with Gasteiger partial charge in [0.05, 0.1) is 0 Å². The lowest BCUT2D eigenvalue weighted by Gasteiger charge is -2.12. The zero-order valence-corrected chi connectivity index (χ0v) is 10.9. The van der Waals surface area contributed by atoms with E-state index in [9.17, 15) is 9.18 Å². The summed E-state index contributed by atoms with van der Waals surface area (Å²) >= 11 is 0. The van der Waals surface area contributed by atoms with Crippen LogP contribution in [0.5, 0.6) is 5.75 Å². The first-order valence-corrected chi connectivity index (χ1v) is 5.76. The summed E-state index contributed by atoms with van der Waals surface area (Å²) in [7, 11) is 3.28. The minimum Gasteiger partial charge on any atom is -0.484 e. The third-order valence-corrected chi connectivity index (χ3v) is 2.35. The normalized spacial score (nSPS) is 12.1. The van der Waals surface area contributed by atoms with Crippen LogP contribution < -0.4 is 10.5 Å². The van der Waals surface area contributed by atoms with Crippen LogP contribution in [0, 0.1) is 5.82 Å². The van der Waals surface area contributed by atoms with E-state index in [2.05, 4.69) is 0 Å². The summed E-state index contributed by atoms with van der Waals surface area (Å²) < 4.78 is 18.6. The van der Waals surface area contributed by atoms with E-state index in [1.807, 2.05) is 6.92 Å². The molecule has 0 fully saturated rings. The van der Waals surface area contributed by atoms with Crippen molar-refractivity contribution in [2.24, 2.45) is 5.73 Å². The predicted octanol–water partition coefficient (Wildman–Crippen LogP) is 1.18. The highest BCUT2D eigenvalue weighted by Crippen LogP contribution is 2.17. The number of benzene rings is 1. The molecule has 0 heterocycles. The number of ether oxygens (including phenoxy) is 1. The number of nitrogens with zero attached hydrogens (tertiary/aromatic N) is 1. The van der Waals surface area contributed by atoms with Crippen molar-refractivity contribution in [3.05, 3.63) is 29.6 Å². The smallest absolute Gasteiger partial charge is 0.259 e. The molecule has 1 rings (SSSR count). The zero-order valence-electron chi connectivity index (χ0n) is 10.9. The molecule has 0 bridgehead atoms. The van der Waals surface area contributed by atoms with Gasteiger partial charge in [-0.25, -0.2) is 4.39 Å². The zero-order chi connectivity index (χ0) is 13.7. The minimum atomic E-state index is -0.388. The molecule has 0 aliphatic carbocycles. The quantitative estimate of drug-likeness (QED) is 0.858. The molecule has 0 saturated heterocycles. The first kappa shape index (κ1) is 14.4. The Bertz CT molecular complexity index is 419. The molecule has 1 unspecified atom stereocenters. The van der Waals surface area contributed by atoms with Crippen LogP contribution in [0.15, 0.2) is 18.2 Å². The molecule has 1 atom stereocenters. The number of nitrogens with two attached hydrogens (primary N) is 1. The molecule has 0 aliphatic heterocycles. The van der Waals surface area contributed by atoms with Crippen molar-refractivity contribution in [2.75, 3.05) is 20.7 Å². The number of carbonyl (C=O) groups is 1. The Morgan fingerprint density at radius 2 is 2.11 bits per heavy atom. The minimum absolute atomic E-state index is 0.0527. The van der Waals surface area contributed by atoms with E-state index in [4.69, 9.17) is 10.5 Å². The third kappa shape index (κ3) is 4.71. The molecule has 18 heavy (non-hydrogen) atoms. The van der Waals surface area contributed by atoms with Gasteiger partial charge in [0.2, 0.25) is 0 Å². The summed E-state index contributed by atoms with van der Waals surface area (Å²) in [6, 6.07) is 4.33. The van der Waals surface area contributed by atoms with Gasteiger partial charge in [0.1, 0.15) is 11.6 Å². The van der Waals surface area contributed by atoms with Gasteiger partial charge in [0, 0.05) is 26.2 Å². The molecule has 5 heteroatoms. The number of hydrogen-bond acceptors (Lipinski definition) is 3. The molecule has 0 aliphatic rings. The number of rotatable bonds is 5. The highest BCUT2D eigenvalue weighted by atomic mass is 19.1. The van der Waals surface area contributed by atoms with Gasteiger partial charge in [-0.05, 0) is 31.0 Å². The highest BCUT2D eigenvalue weighted by molar-refractivity contribution is 5.77. The van der Waals surface area contributed by atoms with Crippen LogP contribution >= 0.6 is 0 Å². The van der Waals surface area contributed by atoms with E-state index >= 15 is 0 Å². The lowest BCUT2D eigenvalue weighted by Crippen LogP contribution is -2.27. The summed E-state index contributed by atoms with van der Waals surface area (Å²) in [5.41, 5.74) is 6.42. The molecule has 0 aromatic heterocycles. The van der Waals surface area contributed by atoms with Crippen molar-refractivity contribution in [3.63, 3.8) is 0 Å². The second-order valence-corrected chi connectivity index (χ2v) is 4.55. The van der Waals surface area contributed by atoms with Crippen molar-refractivity contribution in [1.29, 1.82) is 0 Å². The number of carbonyl (C=O) groups excluding carboxylic acids is 1. The van der Waals surface area contributed by atoms with Crippen LogP contribution in [-0.4, -0.2) is 37.6 Å². The SMILES string of the molecule is CC(N)Cc1cc(F)cc(OCC(=O)N(C)C)c1. The molecule has 2 N–H and O–H groups in total. The summed E-state index contributed by atoms with van der Waals surface area (Å²) in [5, 5.41) is 0. The van der Waals surface area contributed by atoms with Gasteiger partial charge in [-0.1, -0.05) is 0 Å². The fourth-order valence-electron chi connectivity index (χ4n) is 1.47. The van der Waals surface area contributed by atoms with Gasteiger partial charge in [-0.15, -0.1) is 0 Å². The van der Waals surface area contributed by atoms with Crippen molar-refractivity contribution < 1.29 is 13.9 Å². The Morgan fingerprint density at radius 1 is 1.44 bits per heavy atom. The lowest BCUT2D eigenvalue weighted by molar-refractivity contribution is -0.130. The third-order valence-electron chi connectivity index (χ3n) is 2.35. The van der Waals surface area contributed by atoms with Crippen molar-refractivity contribution in [1.82, 2.24) is 4.90 Å². The van der Waals surface area contributed by atoms with Crippen LogP contribution in [0.2, 0.25) is 0 Å². The number of likely N-dealkylation sites (N-methyl/N-ethyl adjacent to an activating group) is 1. The van der Waals surface area contributed by atoms with Crippen LogP contribution in [0.25, 0.3) is 0 Å². The summed E-state index contributed by atoms with van der Waals surface area (Å²) in [6.07, 6.45) is 0.565. The average Bonchev–Trinajstić information content (AvgIpc) is 2.23. The molecule has 100 valence electrons. The molecule has 0 saturated carbocycles. The molecule has 1 amide bonds. The lowest BCUT2D eigenvalue weighted by atomic mass is 10.1. The molecule has 1 aromatic carbocycles. The van der Waals surface area contributed by atoms with Crippen LogP contribution in [0.3, 0.4) is 0 Å². The number of amides is 1. The van der Waals surface area contributed by atoms with E-state index in [-0.39, 0.29) is 24.4 Å². The van der Waals surface area contributed by atoms with Gasteiger partial charge in [-0.3, -0.25) is 4.79 Å². The summed E-state index contributed by atoms with van der Waals surface area (Å²) in [4.78, 5) is 12.8. The van der Waals surface area contributed by atoms with E-state index in [0.29, 0.717) is 12.2 Å². The first-order chi connectivity index (χ1) is 8.38. The van der Waals surface area contributed by atoms with E-state index in [1.54, 1.807) is 20.2 Å². The molecule has 1 aromatic rings. The molecular weight excluding hydrogens is 235 g/mol. The Labute approximate surface area is 107 Å². The molecule has 4 nitrogen and oxygen atoms in total. The fourth-order valence-corrected chi connectivity index (χ4v) is 1.47. The monoisotopic (exact) mass is 254 g/mol. The topological polar surface area (TPSA) is 55.6 Å². The largest absolute Gasteiger partial charge is 0.484 e. The number of halogens is 1. The maximum atomic E-state index is 13.3. The Kier molecular flexibility index (Phi) is 5.09. The van der Waals surface area contributed by atoms with E-state index < -0.39 is 0 Å². The van der Waals surface area contributed by atoms with Crippen LogP contribution in [0.4, 0.5) is 4.39 Å². The van der Waals surface area contributed by atoms with Gasteiger partial charge in [0.15, 0.2) is 6.61 Å². The van der Waals surface area contributed by atoms with Crippen molar-refractivity contribution >= 4 is 5.91 Å². The average molecular weight is 254 g/mol. The van der Waals surface area contributed by atoms with Gasteiger partial charge < -0.3 is 15.4 Å². The summed E-state index contributed by atoms with van der Waals surface area (Å²) in [5.74, 6) is -0.214. The molecule has 0 radical (unpaired) electrons. The highest BCUT2D eigenvalue weighted by Gasteiger charge is 2.08. The van der Waals surface area contributed by atoms with Crippen molar-refractivity contribution in [3.8, 4) is 5.75 Å². The maximum absolute atomic E-state index is 13.3. The Hall–Kier alpha value is -1.62. The van der Waals surface area contributed by atoms with Gasteiger partial charge in [-0.2, -0.15) is 0 Å². The van der Waals surface area contributed by atoms with Gasteiger partial charge >= 0.3 is 0 Å². The van der Waals surface area contributed by atoms with Crippen LogP contribution in [-0.2, 0) is 11.2 Å². The van der Waals surface area contributed by atoms with Crippen molar-refractivity contribution in [2.45, 2.75) is 19.4 Å². The maximum Gasteiger partial charge on any atom is 0.259 e. The van der Waals surface area contributed by atoms with E-state index in [0.717, 1.165) is 5.56 Å². The molecular formula is C13H19FN2O2. The predicted molar refractivity (Wildman–Crippen MR) is 67.9 cm³/mol. The number of hydrogen-bond donors (Lipinski definition) is 1. The fraction of sp³-hybridized carbons (Fsp3) is 0.462. The first-order valence-electron chi connectivity index (χ1n) is 5.76. The van der Waals surface area contributed by atoms with E-state index in [1.165, 1.54) is 17.0 Å². The summed E-state index contributed by atoms with van der Waals surface area (Å²) in [6.45, 7) is 1.75. The second kappa shape index (κ2) is 6.35. The second-order valence-electron chi connectivity index (χ2n) is 4.55. The van der Waals surface area contributed by atoms with Gasteiger partial charge in [0.25, 0.3) is 5.91 Å². The molecule has 0 spiro atoms. The van der Waals surface area contributed by atoms with Crippen LogP contribution in [0.1, 0.15) is 12.5 Å².